The monoisotopic (exact) mass is 308 g/mol. The summed E-state index contributed by atoms with van der Waals surface area (Å²) in [6.45, 7) is 2.70. The highest BCUT2D eigenvalue weighted by Gasteiger charge is 2.30. The number of rotatable bonds is 7. The summed E-state index contributed by atoms with van der Waals surface area (Å²) in [6, 6.07) is 7.24. The first kappa shape index (κ1) is 15.7. The summed E-state index contributed by atoms with van der Waals surface area (Å²) in [4.78, 5) is 12.1. The van der Waals surface area contributed by atoms with Crippen LogP contribution in [0.1, 0.15) is 25.3 Å². The highest BCUT2D eigenvalue weighted by Crippen LogP contribution is 2.23. The molecule has 1 fully saturated rings. The van der Waals surface area contributed by atoms with E-state index in [4.69, 9.17) is 27.4 Å². The number of ether oxygens (including phenoxy) is 2. The predicted octanol–water partition coefficient (Wildman–Crippen LogP) is 1.38. The molecule has 0 spiro atoms. The average molecular weight is 308 g/mol. The number of amides is 1. The number of nitrogens with two attached hydrogens (primary N) is 1. The SMILES string of the molecule is CCOC1CC(NC(=O)COc2ccc(C(N)=S)cc2)C1. The quantitative estimate of drug-likeness (QED) is 0.745. The third-order valence-corrected chi connectivity index (χ3v) is 3.61. The van der Waals surface area contributed by atoms with E-state index in [-0.39, 0.29) is 24.7 Å². The molecule has 21 heavy (non-hydrogen) atoms. The first-order valence-electron chi connectivity index (χ1n) is 7.02. The van der Waals surface area contributed by atoms with E-state index in [1.807, 2.05) is 6.92 Å². The molecule has 0 aliphatic heterocycles. The van der Waals surface area contributed by atoms with Crippen molar-refractivity contribution in [1.29, 1.82) is 0 Å². The standard InChI is InChI=1S/C15H20N2O3S/c1-2-19-13-7-11(8-13)17-14(18)9-20-12-5-3-10(4-6-12)15(16)21/h3-6,11,13H,2,7-9H2,1H3,(H2,16,21)(H,17,18). The maximum atomic E-state index is 11.7. The third-order valence-electron chi connectivity index (χ3n) is 3.37. The zero-order valence-corrected chi connectivity index (χ0v) is 12.8. The third kappa shape index (κ3) is 4.68. The molecule has 5 nitrogen and oxygen atoms in total. The fourth-order valence-electron chi connectivity index (χ4n) is 2.19. The second kappa shape index (κ2) is 7.38. The minimum Gasteiger partial charge on any atom is -0.484 e. The Balaban J connectivity index is 1.68. The van der Waals surface area contributed by atoms with E-state index in [0.29, 0.717) is 10.7 Å². The van der Waals surface area contributed by atoms with E-state index in [0.717, 1.165) is 25.0 Å². The normalized spacial score (nSPS) is 20.4. The van der Waals surface area contributed by atoms with Crippen molar-refractivity contribution in [2.75, 3.05) is 13.2 Å². The zero-order chi connectivity index (χ0) is 15.2. The van der Waals surface area contributed by atoms with Crippen molar-refractivity contribution >= 4 is 23.1 Å². The van der Waals surface area contributed by atoms with Crippen molar-refractivity contribution in [3.05, 3.63) is 29.8 Å². The van der Waals surface area contributed by atoms with Crippen LogP contribution in [-0.2, 0) is 9.53 Å². The Hall–Kier alpha value is -1.66. The molecule has 0 unspecified atom stereocenters. The van der Waals surface area contributed by atoms with Gasteiger partial charge in [0.05, 0.1) is 6.10 Å². The van der Waals surface area contributed by atoms with Crippen LogP contribution >= 0.6 is 12.2 Å². The number of carbonyl (C=O) groups excluding carboxylic acids is 1. The number of hydrogen-bond donors (Lipinski definition) is 2. The van der Waals surface area contributed by atoms with Gasteiger partial charge < -0.3 is 20.5 Å². The first-order chi connectivity index (χ1) is 10.1. The van der Waals surface area contributed by atoms with Crippen LogP contribution in [0, 0.1) is 0 Å². The Morgan fingerprint density at radius 3 is 2.62 bits per heavy atom. The van der Waals surface area contributed by atoms with E-state index in [9.17, 15) is 4.79 Å². The number of thiocarbonyl (C=S) groups is 1. The average Bonchev–Trinajstić information content (AvgIpc) is 2.43. The summed E-state index contributed by atoms with van der Waals surface area (Å²) in [5.41, 5.74) is 6.29. The summed E-state index contributed by atoms with van der Waals surface area (Å²) in [5, 5.41) is 2.92. The summed E-state index contributed by atoms with van der Waals surface area (Å²) in [7, 11) is 0. The Kier molecular flexibility index (Phi) is 5.52. The highest BCUT2D eigenvalue weighted by molar-refractivity contribution is 7.80. The molecule has 2 rings (SSSR count). The van der Waals surface area contributed by atoms with Crippen LogP contribution in [0.4, 0.5) is 0 Å². The Labute approximate surface area is 129 Å². The fourth-order valence-corrected chi connectivity index (χ4v) is 2.33. The molecule has 0 heterocycles. The Morgan fingerprint density at radius 1 is 1.38 bits per heavy atom. The molecule has 1 amide bonds. The highest BCUT2D eigenvalue weighted by atomic mass is 32.1. The molecule has 0 atom stereocenters. The molecule has 1 aliphatic carbocycles. The van der Waals surface area contributed by atoms with E-state index >= 15 is 0 Å². The van der Waals surface area contributed by atoms with E-state index in [1.165, 1.54) is 0 Å². The summed E-state index contributed by atoms with van der Waals surface area (Å²) in [5.74, 6) is 0.499. The van der Waals surface area contributed by atoms with Gasteiger partial charge in [-0.25, -0.2) is 0 Å². The van der Waals surface area contributed by atoms with Crippen LogP contribution in [-0.4, -0.2) is 36.3 Å². The van der Waals surface area contributed by atoms with Crippen LogP contribution in [0.5, 0.6) is 5.75 Å². The lowest BCUT2D eigenvalue weighted by Gasteiger charge is -2.35. The van der Waals surface area contributed by atoms with Gasteiger partial charge in [-0.3, -0.25) is 4.79 Å². The van der Waals surface area contributed by atoms with Crippen molar-refractivity contribution in [2.24, 2.45) is 5.73 Å². The molecule has 0 bridgehead atoms. The summed E-state index contributed by atoms with van der Waals surface area (Å²) < 4.78 is 10.9. The minimum absolute atomic E-state index is 0.00220. The van der Waals surface area contributed by atoms with Gasteiger partial charge in [-0.2, -0.15) is 0 Å². The van der Waals surface area contributed by atoms with Gasteiger partial charge in [0, 0.05) is 18.2 Å². The van der Waals surface area contributed by atoms with Gasteiger partial charge in [0.2, 0.25) is 0 Å². The van der Waals surface area contributed by atoms with Gasteiger partial charge in [-0.1, -0.05) is 12.2 Å². The molecule has 3 N–H and O–H groups in total. The summed E-state index contributed by atoms with van der Waals surface area (Å²) >= 11 is 4.87. The van der Waals surface area contributed by atoms with E-state index in [2.05, 4.69) is 5.32 Å². The van der Waals surface area contributed by atoms with Gasteiger partial charge in [-0.15, -0.1) is 0 Å². The first-order valence-corrected chi connectivity index (χ1v) is 7.43. The van der Waals surface area contributed by atoms with Crippen LogP contribution in [0.3, 0.4) is 0 Å². The zero-order valence-electron chi connectivity index (χ0n) is 12.0. The van der Waals surface area contributed by atoms with Gasteiger partial charge in [0.25, 0.3) is 5.91 Å². The molecule has 0 aromatic heterocycles. The van der Waals surface area contributed by atoms with Gasteiger partial charge >= 0.3 is 0 Å². The molecule has 6 heteroatoms. The second-order valence-electron chi connectivity index (χ2n) is 4.99. The molecular weight excluding hydrogens is 288 g/mol. The van der Waals surface area contributed by atoms with E-state index < -0.39 is 0 Å². The summed E-state index contributed by atoms with van der Waals surface area (Å²) in [6.07, 6.45) is 2.04. The van der Waals surface area contributed by atoms with Crippen LogP contribution in [0.25, 0.3) is 0 Å². The number of hydrogen-bond acceptors (Lipinski definition) is 4. The lowest BCUT2D eigenvalue weighted by Crippen LogP contribution is -2.49. The maximum absolute atomic E-state index is 11.7. The molecular formula is C15H20N2O3S. The van der Waals surface area contributed by atoms with Gasteiger partial charge in [-0.05, 0) is 44.0 Å². The van der Waals surface area contributed by atoms with Gasteiger partial charge in [0.15, 0.2) is 6.61 Å². The van der Waals surface area contributed by atoms with Crippen LogP contribution in [0.2, 0.25) is 0 Å². The van der Waals surface area contributed by atoms with Crippen molar-refractivity contribution in [1.82, 2.24) is 5.32 Å². The molecule has 1 aliphatic rings. The molecule has 1 aromatic carbocycles. The molecule has 1 saturated carbocycles. The number of nitrogens with one attached hydrogen (secondary N) is 1. The smallest absolute Gasteiger partial charge is 0.258 e. The van der Waals surface area contributed by atoms with Crippen molar-refractivity contribution in [3.63, 3.8) is 0 Å². The Bertz CT molecular complexity index is 498. The maximum Gasteiger partial charge on any atom is 0.258 e. The lowest BCUT2D eigenvalue weighted by atomic mass is 9.89. The van der Waals surface area contributed by atoms with Crippen LogP contribution < -0.4 is 15.8 Å². The van der Waals surface area contributed by atoms with Crippen molar-refractivity contribution < 1.29 is 14.3 Å². The molecule has 1 aromatic rings. The van der Waals surface area contributed by atoms with Gasteiger partial charge in [0.1, 0.15) is 10.7 Å². The van der Waals surface area contributed by atoms with Crippen LogP contribution in [0.15, 0.2) is 24.3 Å². The van der Waals surface area contributed by atoms with E-state index in [1.54, 1.807) is 24.3 Å². The molecule has 0 saturated heterocycles. The Morgan fingerprint density at radius 2 is 2.05 bits per heavy atom. The fraction of sp³-hybridized carbons (Fsp3) is 0.467. The lowest BCUT2D eigenvalue weighted by molar-refractivity contribution is -0.125. The van der Waals surface area contributed by atoms with Crippen molar-refractivity contribution in [2.45, 2.75) is 31.9 Å². The predicted molar refractivity (Wildman–Crippen MR) is 84.4 cm³/mol. The molecule has 114 valence electrons. The number of benzene rings is 1. The number of carbonyl (C=O) groups is 1. The van der Waals surface area contributed by atoms with Crippen molar-refractivity contribution in [3.8, 4) is 5.75 Å². The molecule has 0 radical (unpaired) electrons. The second-order valence-corrected chi connectivity index (χ2v) is 5.43. The topological polar surface area (TPSA) is 73.6 Å². The minimum atomic E-state index is -0.117. The largest absolute Gasteiger partial charge is 0.484 e.